The predicted octanol–water partition coefficient (Wildman–Crippen LogP) is 0.358. The molecule has 6 heteroatoms. The van der Waals surface area contributed by atoms with Crippen molar-refractivity contribution in [3.8, 4) is 0 Å². The fourth-order valence-corrected chi connectivity index (χ4v) is 2.81. The van der Waals surface area contributed by atoms with Crippen LogP contribution in [0.5, 0.6) is 0 Å². The molecule has 2 atom stereocenters. The number of hydrogen-bond acceptors (Lipinski definition) is 4. The molecule has 6 nitrogen and oxygen atoms in total. The van der Waals surface area contributed by atoms with E-state index in [0.717, 1.165) is 25.6 Å². The van der Waals surface area contributed by atoms with Crippen LogP contribution in [-0.2, 0) is 4.79 Å². The Morgan fingerprint density at radius 1 is 1.42 bits per heavy atom. The van der Waals surface area contributed by atoms with Gasteiger partial charge in [0.25, 0.3) is 0 Å². The lowest BCUT2D eigenvalue weighted by molar-refractivity contribution is -0.124. The van der Waals surface area contributed by atoms with Crippen molar-refractivity contribution in [1.29, 1.82) is 0 Å². The highest BCUT2D eigenvalue weighted by Gasteiger charge is 2.36. The highest BCUT2D eigenvalue weighted by molar-refractivity contribution is 6.02. The molecule has 1 aliphatic heterocycles. The molecular weight excluding hydrogens is 244 g/mol. The van der Waals surface area contributed by atoms with Crippen LogP contribution in [0.3, 0.4) is 0 Å². The van der Waals surface area contributed by atoms with Crippen molar-refractivity contribution in [3.63, 3.8) is 0 Å². The van der Waals surface area contributed by atoms with Crippen LogP contribution < -0.4 is 11.1 Å². The lowest BCUT2D eigenvalue weighted by Crippen LogP contribution is -2.46. The van der Waals surface area contributed by atoms with Gasteiger partial charge < -0.3 is 16.3 Å². The van der Waals surface area contributed by atoms with Gasteiger partial charge in [-0.3, -0.25) is 9.69 Å². The number of carbonyl (C=O) groups is 1. The summed E-state index contributed by atoms with van der Waals surface area (Å²) in [6.07, 6.45) is 3.57. The summed E-state index contributed by atoms with van der Waals surface area (Å²) in [7, 11) is 0. The number of nitrogens with one attached hydrogen (secondary N) is 1. The molecule has 0 bridgehead atoms. The molecule has 1 aliphatic carbocycles. The molecule has 0 aromatic heterocycles. The van der Waals surface area contributed by atoms with Crippen LogP contribution in [0.1, 0.15) is 33.1 Å². The average molecular weight is 268 g/mol. The molecule has 2 unspecified atom stereocenters. The smallest absolute Gasteiger partial charge is 0.231 e. The lowest BCUT2D eigenvalue weighted by Gasteiger charge is -2.22. The van der Waals surface area contributed by atoms with Gasteiger partial charge in [-0.2, -0.15) is 0 Å². The van der Waals surface area contributed by atoms with E-state index < -0.39 is 5.92 Å². The van der Waals surface area contributed by atoms with Gasteiger partial charge in [0.1, 0.15) is 5.92 Å². The summed E-state index contributed by atoms with van der Waals surface area (Å²) < 4.78 is 0. The Kier molecular flexibility index (Phi) is 4.29. The molecule has 108 valence electrons. The molecule has 1 saturated carbocycles. The van der Waals surface area contributed by atoms with Crippen LogP contribution in [0.4, 0.5) is 0 Å². The zero-order chi connectivity index (χ0) is 14.0. The molecule has 2 fully saturated rings. The molecule has 0 spiro atoms. The number of hydrogen-bond donors (Lipinski definition) is 3. The standard InChI is InChI=1S/C13H24N4O2/c1-8(2)11(12(14)16-19)13(18)15-9-5-6-17(7-9)10-3-4-10/h8-11,19H,3-7H2,1-2H3,(H2,14,16)(H,15,18). The van der Waals surface area contributed by atoms with Crippen molar-refractivity contribution in [2.45, 2.75) is 45.2 Å². The van der Waals surface area contributed by atoms with Crippen molar-refractivity contribution in [2.75, 3.05) is 13.1 Å². The van der Waals surface area contributed by atoms with Crippen molar-refractivity contribution >= 4 is 11.7 Å². The first-order chi connectivity index (χ1) is 9.02. The monoisotopic (exact) mass is 268 g/mol. The summed E-state index contributed by atoms with van der Waals surface area (Å²) >= 11 is 0. The van der Waals surface area contributed by atoms with E-state index in [1.165, 1.54) is 12.8 Å². The van der Waals surface area contributed by atoms with Crippen LogP contribution in [-0.4, -0.2) is 47.0 Å². The number of oxime groups is 1. The Morgan fingerprint density at radius 3 is 2.63 bits per heavy atom. The lowest BCUT2D eigenvalue weighted by atomic mass is 9.93. The highest BCUT2D eigenvalue weighted by atomic mass is 16.4. The van der Waals surface area contributed by atoms with E-state index >= 15 is 0 Å². The minimum Gasteiger partial charge on any atom is -0.409 e. The third-order valence-corrected chi connectivity index (χ3v) is 4.01. The highest BCUT2D eigenvalue weighted by Crippen LogP contribution is 2.29. The second kappa shape index (κ2) is 5.77. The molecule has 2 aliphatic rings. The maximum Gasteiger partial charge on any atom is 0.231 e. The van der Waals surface area contributed by atoms with E-state index in [0.29, 0.717) is 0 Å². The molecule has 19 heavy (non-hydrogen) atoms. The summed E-state index contributed by atoms with van der Waals surface area (Å²) in [6.45, 7) is 5.78. The zero-order valence-electron chi connectivity index (χ0n) is 11.7. The third kappa shape index (κ3) is 3.37. The van der Waals surface area contributed by atoms with Gasteiger partial charge in [0.15, 0.2) is 5.84 Å². The van der Waals surface area contributed by atoms with E-state index in [9.17, 15) is 4.79 Å². The minimum absolute atomic E-state index is 0.00968. The van der Waals surface area contributed by atoms with Crippen LogP contribution in [0.2, 0.25) is 0 Å². The molecule has 1 saturated heterocycles. The Labute approximate surface area is 114 Å². The Balaban J connectivity index is 1.88. The first kappa shape index (κ1) is 14.1. The first-order valence-corrected chi connectivity index (χ1v) is 7.04. The van der Waals surface area contributed by atoms with Crippen molar-refractivity contribution in [1.82, 2.24) is 10.2 Å². The topological polar surface area (TPSA) is 91.0 Å². The van der Waals surface area contributed by atoms with Crippen LogP contribution >= 0.6 is 0 Å². The van der Waals surface area contributed by atoms with E-state index in [1.807, 2.05) is 13.8 Å². The molecule has 4 N–H and O–H groups in total. The second-order valence-electron chi connectivity index (χ2n) is 5.97. The van der Waals surface area contributed by atoms with Crippen molar-refractivity contribution in [2.24, 2.45) is 22.7 Å². The number of amidine groups is 1. The number of amides is 1. The quantitative estimate of drug-likeness (QED) is 0.290. The number of likely N-dealkylation sites (tertiary alicyclic amines) is 1. The van der Waals surface area contributed by atoms with Crippen molar-refractivity contribution < 1.29 is 10.0 Å². The van der Waals surface area contributed by atoms with Crippen LogP contribution in [0.25, 0.3) is 0 Å². The van der Waals surface area contributed by atoms with Gasteiger partial charge in [-0.15, -0.1) is 0 Å². The minimum atomic E-state index is -0.556. The molecule has 0 aromatic carbocycles. The fraction of sp³-hybridized carbons (Fsp3) is 0.846. The van der Waals surface area contributed by atoms with E-state index in [2.05, 4.69) is 15.4 Å². The number of nitrogens with two attached hydrogens (primary N) is 1. The van der Waals surface area contributed by atoms with Crippen molar-refractivity contribution in [3.05, 3.63) is 0 Å². The van der Waals surface area contributed by atoms with Gasteiger partial charge in [0.05, 0.1) is 0 Å². The Bertz CT molecular complexity index is 366. The largest absolute Gasteiger partial charge is 0.409 e. The summed E-state index contributed by atoms with van der Waals surface area (Å²) in [5.41, 5.74) is 5.61. The van der Waals surface area contributed by atoms with Gasteiger partial charge in [-0.05, 0) is 25.2 Å². The molecule has 0 radical (unpaired) electrons. The van der Waals surface area contributed by atoms with E-state index in [-0.39, 0.29) is 23.7 Å². The van der Waals surface area contributed by atoms with Crippen LogP contribution in [0, 0.1) is 11.8 Å². The zero-order valence-corrected chi connectivity index (χ0v) is 11.7. The number of rotatable bonds is 5. The van der Waals surface area contributed by atoms with Gasteiger partial charge >= 0.3 is 0 Å². The average Bonchev–Trinajstić information content (AvgIpc) is 3.10. The summed E-state index contributed by atoms with van der Waals surface area (Å²) in [6, 6.07) is 0.938. The molecular formula is C13H24N4O2. The molecule has 2 rings (SSSR count). The predicted molar refractivity (Wildman–Crippen MR) is 72.9 cm³/mol. The van der Waals surface area contributed by atoms with Gasteiger partial charge in [-0.25, -0.2) is 0 Å². The Hall–Kier alpha value is -1.30. The first-order valence-electron chi connectivity index (χ1n) is 7.04. The van der Waals surface area contributed by atoms with Gasteiger partial charge in [0.2, 0.25) is 5.91 Å². The third-order valence-electron chi connectivity index (χ3n) is 4.01. The number of carbonyl (C=O) groups excluding carboxylic acids is 1. The van der Waals surface area contributed by atoms with Crippen LogP contribution in [0.15, 0.2) is 5.16 Å². The van der Waals surface area contributed by atoms with E-state index in [1.54, 1.807) is 0 Å². The maximum atomic E-state index is 12.2. The SMILES string of the molecule is CC(C)C(C(=O)NC1CCN(C2CC2)C1)C(N)=NO. The fourth-order valence-electron chi connectivity index (χ4n) is 2.81. The van der Waals surface area contributed by atoms with E-state index in [4.69, 9.17) is 10.9 Å². The Morgan fingerprint density at radius 2 is 2.11 bits per heavy atom. The molecule has 1 heterocycles. The summed E-state index contributed by atoms with van der Waals surface area (Å²) in [4.78, 5) is 14.7. The maximum absolute atomic E-state index is 12.2. The summed E-state index contributed by atoms with van der Waals surface area (Å²) in [5.74, 6) is -0.686. The molecule has 1 amide bonds. The summed E-state index contributed by atoms with van der Waals surface area (Å²) in [5, 5.41) is 14.8. The normalized spacial score (nSPS) is 26.7. The molecule has 0 aromatic rings. The van der Waals surface area contributed by atoms with Gasteiger partial charge in [0, 0.05) is 25.2 Å². The van der Waals surface area contributed by atoms with Gasteiger partial charge in [-0.1, -0.05) is 19.0 Å². The second-order valence-corrected chi connectivity index (χ2v) is 5.97. The number of nitrogens with zero attached hydrogens (tertiary/aromatic N) is 2.